The number of nitrogens with two attached hydrogens (primary N) is 1. The number of ether oxygens (including phenoxy) is 2. The molecule has 0 rings (SSSR count). The normalized spacial score (nSPS) is 7.36. The molecule has 1 amide bonds. The minimum atomic E-state index is -5.40. The van der Waals surface area contributed by atoms with Crippen LogP contribution in [0.5, 0.6) is 0 Å². The number of carbonyl (C=O) groups excluding carboxylic acids is 3. The number of amides is 1. The third-order valence-electron chi connectivity index (χ3n) is 2.44. The minimum Gasteiger partial charge on any atom is -0.790 e. The molecule has 238 valence electrons. The quantitative estimate of drug-likeness (QED) is 0.102. The zero-order chi connectivity index (χ0) is 30.5. The van der Waals surface area contributed by atoms with Crippen LogP contribution in [0.15, 0.2) is 0 Å². The number of phosphoric ester groups is 1. The van der Waals surface area contributed by atoms with E-state index in [1.165, 1.54) is 6.92 Å². The van der Waals surface area contributed by atoms with Crippen LogP contribution < -0.4 is 74.6 Å². The number of terminal acetylenes is 2. The number of rotatable bonds is 6. The number of hydrogen-bond donors (Lipinski definition) is 1. The SMILES string of the molecule is C#CC#CC#CC#CC#CC#CC#CC(=O)OC[C@H](COP(=O)([O-])[O-])OC(=O)C#CC#CC#CC#C.CC(N)=O.[HH].[HH].[HH].[HH].[HH].[HH].[HH].[HH].[HH].[HH].[HH].[HH].[HH].[HH].[HH].[HH].[HH].[HH].[HH].[HH].[HH].[HH].[Na+].[Na+]. The van der Waals surface area contributed by atoms with E-state index in [0.717, 1.165) is 0 Å². The van der Waals surface area contributed by atoms with Crippen LogP contribution in [-0.4, -0.2) is 37.2 Å². The Balaban J connectivity index is -0.0000000206. The van der Waals surface area contributed by atoms with E-state index in [-0.39, 0.29) is 96.4 Å². The van der Waals surface area contributed by atoms with Crippen LogP contribution in [0.2, 0.25) is 0 Å². The van der Waals surface area contributed by atoms with E-state index in [2.05, 4.69) is 111 Å². The van der Waals surface area contributed by atoms with Gasteiger partial charge in [0, 0.05) is 50.2 Å². The van der Waals surface area contributed by atoms with Gasteiger partial charge in [-0.15, -0.1) is 12.8 Å². The van der Waals surface area contributed by atoms with Crippen LogP contribution in [0.1, 0.15) is 38.3 Å². The second kappa shape index (κ2) is 31.2. The first-order valence-electron chi connectivity index (χ1n) is 9.75. The van der Waals surface area contributed by atoms with E-state index in [1.807, 2.05) is 17.8 Å². The summed E-state index contributed by atoms with van der Waals surface area (Å²) >= 11 is 0. The van der Waals surface area contributed by atoms with Crippen LogP contribution >= 0.6 is 7.82 Å². The van der Waals surface area contributed by atoms with Crippen LogP contribution in [0.25, 0.3) is 0 Å². The monoisotopic (exact) mass is 639 g/mol. The summed E-state index contributed by atoms with van der Waals surface area (Å²) in [4.78, 5) is 53.8. The molecule has 0 radical (unpaired) electrons. The number of carbonyl (C=O) groups is 3. The summed E-state index contributed by atoms with van der Waals surface area (Å²) < 4.78 is 24.1. The summed E-state index contributed by atoms with van der Waals surface area (Å²) in [5.74, 6) is 41.7. The van der Waals surface area contributed by atoms with Crippen molar-refractivity contribution in [3.63, 3.8) is 0 Å². The van der Waals surface area contributed by atoms with Gasteiger partial charge >= 0.3 is 71.1 Å². The Hall–Kier alpha value is -4.32. The molecule has 0 aliphatic rings. The summed E-state index contributed by atoms with van der Waals surface area (Å²) in [5.41, 5.74) is 4.47. The molecular weight excluding hydrogens is 583 g/mol. The number of phosphoric acid groups is 1. The molecule has 0 bridgehead atoms. The van der Waals surface area contributed by atoms with E-state index in [9.17, 15) is 28.7 Å². The van der Waals surface area contributed by atoms with Crippen LogP contribution in [0.4, 0.5) is 0 Å². The van der Waals surface area contributed by atoms with Gasteiger partial charge in [-0.2, -0.15) is 0 Å². The fraction of sp³-hybridized carbons (Fsp3) is 0.138. The van der Waals surface area contributed by atoms with Crippen molar-refractivity contribution in [3.05, 3.63) is 0 Å². The standard InChI is InChI=1S/C27H9O8P.C2H5NO.2Na.22H2/c1-3-5-7-9-11-12-13-14-15-16-18-19-21-26(28)33-23-25(24-34-36(30,31)32)35-27(29)22-20-17-10-8-6-4-2;1-2(3)4;;;;;;;;;;;;;;;;;;;;;;;;/h1-2,25H,23-24H2,(H2,30,31,32);1H3,(H2,3,4);;;22*1H/q;;2*+1;;;;;;;;;;;;;;;;;;;;;;/p-2/t25-;;;;;;;;;;;;;;;;;;;;;;;;;/m1........................./s1. The zero-order valence-corrected chi connectivity index (χ0v) is 27.2. The number of hydrogen-bond acceptors (Lipinski definition) is 9. The van der Waals surface area contributed by atoms with Crippen molar-refractivity contribution < 1.29 is 133 Å². The van der Waals surface area contributed by atoms with Gasteiger partial charge in [0.1, 0.15) is 6.61 Å². The molecule has 0 aromatic carbocycles. The fourth-order valence-electron chi connectivity index (χ4n) is 1.29. The molecule has 0 saturated heterocycles. The van der Waals surface area contributed by atoms with E-state index in [1.54, 1.807) is 0 Å². The second-order valence-electron chi connectivity index (χ2n) is 5.52. The Morgan fingerprint density at radius 2 is 1.05 bits per heavy atom. The maximum absolute atomic E-state index is 11.7. The van der Waals surface area contributed by atoms with Gasteiger partial charge in [-0.25, -0.2) is 9.59 Å². The Morgan fingerprint density at radius 1 is 0.714 bits per heavy atom. The predicted molar refractivity (Wildman–Crippen MR) is 183 cm³/mol. The molecule has 0 spiro atoms. The van der Waals surface area contributed by atoms with Crippen LogP contribution in [-0.2, 0) is 32.9 Å². The van der Waals surface area contributed by atoms with Crippen molar-refractivity contribution >= 4 is 25.7 Å². The Bertz CT molecular complexity index is 1750. The van der Waals surface area contributed by atoms with Crippen LogP contribution in [0, 0.1) is 131 Å². The predicted octanol–water partition coefficient (Wildman–Crippen LogP) is -3.50. The zero-order valence-electron chi connectivity index (χ0n) is 22.3. The van der Waals surface area contributed by atoms with E-state index < -0.39 is 39.1 Å². The molecule has 0 fully saturated rings. The third kappa shape index (κ3) is 40.2. The maximum atomic E-state index is 11.7. The van der Waals surface area contributed by atoms with Gasteiger partial charge in [0.2, 0.25) is 5.91 Å². The van der Waals surface area contributed by atoms with Crippen molar-refractivity contribution in [2.24, 2.45) is 5.73 Å². The largest absolute Gasteiger partial charge is 1.00 e. The summed E-state index contributed by atoms with van der Waals surface area (Å²) in [6.45, 7) is -0.342. The van der Waals surface area contributed by atoms with E-state index >= 15 is 0 Å². The molecule has 13 heteroatoms. The van der Waals surface area contributed by atoms with Crippen molar-refractivity contribution in [1.29, 1.82) is 0 Å². The molecule has 1 atom stereocenters. The number of primary amides is 1. The first-order chi connectivity index (χ1) is 19.0. The topological polar surface area (TPSA) is 168 Å². The van der Waals surface area contributed by atoms with E-state index in [4.69, 9.17) is 22.3 Å². The molecule has 0 aromatic heterocycles. The summed E-state index contributed by atoms with van der Waals surface area (Å²) in [6.07, 6.45) is 8.28. The molecule has 0 aliphatic carbocycles. The molecular formula is C29H56NNa2O9P. The van der Waals surface area contributed by atoms with Crippen molar-refractivity contribution in [2.45, 2.75) is 13.0 Å². The molecule has 0 heterocycles. The molecule has 42 heavy (non-hydrogen) atoms. The van der Waals surface area contributed by atoms with Crippen LogP contribution in [0.3, 0.4) is 0 Å². The average Bonchev–Trinajstić information content (AvgIpc) is 2.87. The molecule has 0 aromatic rings. The Kier molecular flexibility index (Phi) is 33.2. The van der Waals surface area contributed by atoms with Gasteiger partial charge in [0.05, 0.1) is 14.4 Å². The molecule has 0 aliphatic heterocycles. The fourth-order valence-corrected chi connectivity index (χ4v) is 1.64. The van der Waals surface area contributed by atoms with Gasteiger partial charge in [-0.05, 0) is 107 Å². The Morgan fingerprint density at radius 3 is 1.40 bits per heavy atom. The molecule has 0 unspecified atom stereocenters. The first-order valence-corrected chi connectivity index (χ1v) is 11.2. The van der Waals surface area contributed by atoms with Gasteiger partial charge in [-0.3, -0.25) is 4.79 Å². The minimum absolute atomic E-state index is 0. The summed E-state index contributed by atoms with van der Waals surface area (Å²) in [7, 11) is -5.40. The van der Waals surface area contributed by atoms with Gasteiger partial charge < -0.3 is 34.1 Å². The van der Waals surface area contributed by atoms with Gasteiger partial charge in [0.15, 0.2) is 6.10 Å². The maximum Gasteiger partial charge on any atom is 1.00 e. The Labute approximate surface area is 321 Å². The smallest absolute Gasteiger partial charge is 0.790 e. The van der Waals surface area contributed by atoms with E-state index in [0.29, 0.717) is 0 Å². The molecule has 2 N–H and O–H groups in total. The van der Waals surface area contributed by atoms with Crippen molar-refractivity contribution in [1.82, 2.24) is 0 Å². The van der Waals surface area contributed by atoms with Gasteiger partial charge in [-0.1, -0.05) is 0 Å². The van der Waals surface area contributed by atoms with Gasteiger partial charge in [0.25, 0.3) is 0 Å². The number of esters is 2. The summed E-state index contributed by atoms with van der Waals surface area (Å²) in [5, 5.41) is 0. The molecule has 10 nitrogen and oxygen atoms in total. The molecule has 0 saturated carbocycles. The van der Waals surface area contributed by atoms with Crippen molar-refractivity contribution in [3.8, 4) is 131 Å². The average molecular weight is 640 g/mol. The second-order valence-corrected chi connectivity index (χ2v) is 6.67. The van der Waals surface area contributed by atoms with Crippen molar-refractivity contribution in [2.75, 3.05) is 13.2 Å². The summed E-state index contributed by atoms with van der Waals surface area (Å²) in [6, 6.07) is 0. The first kappa shape index (κ1) is 44.7. The third-order valence-corrected chi connectivity index (χ3v) is 2.91.